The molecule has 0 amide bonds. The van der Waals surface area contributed by atoms with Crippen LogP contribution in [0.15, 0.2) is 23.1 Å². The minimum atomic E-state index is -3.59. The summed E-state index contributed by atoms with van der Waals surface area (Å²) < 4.78 is 32.6. The van der Waals surface area contributed by atoms with Crippen molar-refractivity contribution >= 4 is 15.7 Å². The lowest BCUT2D eigenvalue weighted by atomic mass is 10.3. The summed E-state index contributed by atoms with van der Waals surface area (Å²) in [6.45, 7) is 4.07. The van der Waals surface area contributed by atoms with Crippen molar-refractivity contribution in [1.82, 2.24) is 9.21 Å². The molecule has 6 nitrogen and oxygen atoms in total. The lowest BCUT2D eigenvalue weighted by molar-refractivity contribution is 0.290. The zero-order valence-electron chi connectivity index (χ0n) is 12.7. The summed E-state index contributed by atoms with van der Waals surface area (Å²) in [6.07, 6.45) is 0.817. The number of nitrogens with zero attached hydrogens (tertiary/aromatic N) is 2. The third kappa shape index (κ3) is 3.30. The zero-order valence-corrected chi connectivity index (χ0v) is 13.6. The Bertz CT molecular complexity index is 603. The molecule has 1 saturated heterocycles. The van der Waals surface area contributed by atoms with Crippen LogP contribution in [0.25, 0.3) is 0 Å². The highest BCUT2D eigenvalue weighted by atomic mass is 32.2. The van der Waals surface area contributed by atoms with Crippen molar-refractivity contribution in [2.24, 2.45) is 0 Å². The van der Waals surface area contributed by atoms with E-state index in [-0.39, 0.29) is 10.9 Å². The average Bonchev–Trinajstić information content (AvgIpc) is 2.59. The Morgan fingerprint density at radius 1 is 1.33 bits per heavy atom. The number of nitrogen functional groups attached to an aromatic ring is 1. The quantitative estimate of drug-likeness (QED) is 0.842. The van der Waals surface area contributed by atoms with Crippen molar-refractivity contribution in [3.63, 3.8) is 0 Å². The van der Waals surface area contributed by atoms with Crippen LogP contribution in [0.2, 0.25) is 0 Å². The molecule has 2 N–H and O–H groups in total. The second-order valence-electron chi connectivity index (χ2n) is 5.49. The summed E-state index contributed by atoms with van der Waals surface area (Å²) in [5.41, 5.74) is 6.18. The fourth-order valence-corrected chi connectivity index (χ4v) is 4.53. The van der Waals surface area contributed by atoms with Gasteiger partial charge in [0.25, 0.3) is 0 Å². The summed E-state index contributed by atoms with van der Waals surface area (Å²) >= 11 is 0. The van der Waals surface area contributed by atoms with Crippen LogP contribution in [-0.4, -0.2) is 57.5 Å². The predicted molar refractivity (Wildman–Crippen MR) is 82.9 cm³/mol. The van der Waals surface area contributed by atoms with Gasteiger partial charge in [-0.25, -0.2) is 8.42 Å². The number of methoxy groups -OCH3 is 1. The minimum absolute atomic E-state index is 0.0789. The molecule has 0 radical (unpaired) electrons. The van der Waals surface area contributed by atoms with Gasteiger partial charge >= 0.3 is 0 Å². The molecular formula is C14H23N3O3S. The molecule has 0 bridgehead atoms. The minimum Gasteiger partial charge on any atom is -0.495 e. The van der Waals surface area contributed by atoms with Crippen molar-refractivity contribution in [3.8, 4) is 5.75 Å². The van der Waals surface area contributed by atoms with E-state index < -0.39 is 10.0 Å². The van der Waals surface area contributed by atoms with Gasteiger partial charge < -0.3 is 15.4 Å². The van der Waals surface area contributed by atoms with E-state index in [9.17, 15) is 8.42 Å². The summed E-state index contributed by atoms with van der Waals surface area (Å²) in [5.74, 6) is 0.291. The van der Waals surface area contributed by atoms with Gasteiger partial charge in [0.15, 0.2) is 0 Å². The second-order valence-corrected chi connectivity index (χ2v) is 7.35. The van der Waals surface area contributed by atoms with Crippen molar-refractivity contribution < 1.29 is 13.2 Å². The number of anilines is 1. The maximum atomic E-state index is 12.9. The number of rotatable bonds is 3. The predicted octanol–water partition coefficient (Wildman–Crippen LogP) is 0.992. The number of benzene rings is 1. The Labute approximate surface area is 126 Å². The first-order valence-corrected chi connectivity index (χ1v) is 8.44. The van der Waals surface area contributed by atoms with Gasteiger partial charge in [0.2, 0.25) is 10.0 Å². The largest absolute Gasteiger partial charge is 0.495 e. The summed E-state index contributed by atoms with van der Waals surface area (Å²) in [6, 6.07) is 4.57. The Morgan fingerprint density at radius 2 is 2.05 bits per heavy atom. The van der Waals surface area contributed by atoms with Crippen LogP contribution in [0.4, 0.5) is 5.69 Å². The van der Waals surface area contributed by atoms with E-state index in [1.807, 2.05) is 14.0 Å². The lowest BCUT2D eigenvalue weighted by Gasteiger charge is -2.27. The van der Waals surface area contributed by atoms with Crippen LogP contribution in [0.3, 0.4) is 0 Å². The Morgan fingerprint density at radius 3 is 2.71 bits per heavy atom. The Kier molecular flexibility index (Phi) is 4.75. The highest BCUT2D eigenvalue weighted by Crippen LogP contribution is 2.30. The van der Waals surface area contributed by atoms with Crippen molar-refractivity contribution in [2.75, 3.05) is 39.5 Å². The van der Waals surface area contributed by atoms with Crippen LogP contribution in [0.5, 0.6) is 5.75 Å². The fraction of sp³-hybridized carbons (Fsp3) is 0.571. The van der Waals surface area contributed by atoms with E-state index in [0.29, 0.717) is 18.0 Å². The molecule has 1 aromatic rings. The number of likely N-dealkylation sites (N-methyl/N-ethyl adjacent to an activating group) is 1. The number of sulfonamides is 1. The molecule has 2 rings (SSSR count). The van der Waals surface area contributed by atoms with E-state index >= 15 is 0 Å². The van der Waals surface area contributed by atoms with E-state index in [1.54, 1.807) is 16.4 Å². The standard InChI is InChI=1S/C14H23N3O3S/c1-11-10-16(2)7-4-8-17(11)21(18,19)14-6-5-12(15)9-13(14)20-3/h5-6,9,11H,4,7-8,10,15H2,1-3H3. The number of nitrogens with two attached hydrogens (primary N) is 1. The first-order valence-electron chi connectivity index (χ1n) is 7.00. The van der Waals surface area contributed by atoms with Gasteiger partial charge in [0, 0.05) is 30.9 Å². The smallest absolute Gasteiger partial charge is 0.247 e. The zero-order chi connectivity index (χ0) is 15.6. The van der Waals surface area contributed by atoms with Crippen LogP contribution in [-0.2, 0) is 10.0 Å². The van der Waals surface area contributed by atoms with E-state index in [0.717, 1.165) is 19.5 Å². The normalized spacial score (nSPS) is 22.0. The molecule has 0 saturated carbocycles. The Balaban J connectivity index is 2.41. The molecule has 21 heavy (non-hydrogen) atoms. The van der Waals surface area contributed by atoms with Crippen LogP contribution in [0, 0.1) is 0 Å². The summed E-state index contributed by atoms with van der Waals surface area (Å²) in [5, 5.41) is 0. The summed E-state index contributed by atoms with van der Waals surface area (Å²) in [7, 11) is -0.129. The van der Waals surface area contributed by atoms with Gasteiger partial charge in [-0.15, -0.1) is 0 Å². The van der Waals surface area contributed by atoms with Gasteiger partial charge in [-0.05, 0) is 39.1 Å². The molecule has 1 atom stereocenters. The fourth-order valence-electron chi connectivity index (χ4n) is 2.73. The average molecular weight is 313 g/mol. The van der Waals surface area contributed by atoms with Gasteiger partial charge in [-0.1, -0.05) is 0 Å². The first-order chi connectivity index (χ1) is 9.86. The maximum Gasteiger partial charge on any atom is 0.247 e. The molecule has 1 aromatic carbocycles. The van der Waals surface area contributed by atoms with Crippen molar-refractivity contribution in [1.29, 1.82) is 0 Å². The molecule has 1 aliphatic heterocycles. The highest BCUT2D eigenvalue weighted by Gasteiger charge is 2.33. The molecular weight excluding hydrogens is 290 g/mol. The van der Waals surface area contributed by atoms with Crippen molar-refractivity contribution in [2.45, 2.75) is 24.3 Å². The van der Waals surface area contributed by atoms with Crippen molar-refractivity contribution in [3.05, 3.63) is 18.2 Å². The lowest BCUT2D eigenvalue weighted by Crippen LogP contribution is -2.42. The summed E-state index contributed by atoms with van der Waals surface area (Å²) in [4.78, 5) is 2.33. The molecule has 1 unspecified atom stereocenters. The molecule has 1 fully saturated rings. The monoisotopic (exact) mass is 313 g/mol. The Hall–Kier alpha value is -1.31. The molecule has 0 aromatic heterocycles. The third-order valence-corrected chi connectivity index (χ3v) is 5.81. The molecule has 0 aliphatic carbocycles. The van der Waals surface area contributed by atoms with Gasteiger partial charge in [-0.2, -0.15) is 4.31 Å². The molecule has 0 spiro atoms. The maximum absolute atomic E-state index is 12.9. The van der Waals surface area contributed by atoms with Crippen LogP contribution >= 0.6 is 0 Å². The van der Waals surface area contributed by atoms with E-state index in [4.69, 9.17) is 10.5 Å². The molecule has 1 heterocycles. The van der Waals surface area contributed by atoms with E-state index in [2.05, 4.69) is 4.90 Å². The highest BCUT2D eigenvalue weighted by molar-refractivity contribution is 7.89. The van der Waals surface area contributed by atoms with E-state index in [1.165, 1.54) is 13.2 Å². The van der Waals surface area contributed by atoms with Crippen LogP contribution in [0.1, 0.15) is 13.3 Å². The van der Waals surface area contributed by atoms with Gasteiger partial charge in [0.05, 0.1) is 7.11 Å². The molecule has 118 valence electrons. The number of hydrogen-bond acceptors (Lipinski definition) is 5. The second kappa shape index (κ2) is 6.21. The molecule has 1 aliphatic rings. The number of ether oxygens (including phenoxy) is 1. The third-order valence-electron chi connectivity index (χ3n) is 3.76. The SMILES string of the molecule is COc1cc(N)ccc1S(=O)(=O)N1CCCN(C)CC1C. The first kappa shape index (κ1) is 16.1. The van der Waals surface area contributed by atoms with Gasteiger partial charge in [-0.3, -0.25) is 0 Å². The van der Waals surface area contributed by atoms with Crippen LogP contribution < -0.4 is 10.5 Å². The topological polar surface area (TPSA) is 75.9 Å². The molecule has 7 heteroatoms. The van der Waals surface area contributed by atoms with Gasteiger partial charge in [0.1, 0.15) is 10.6 Å². The number of hydrogen-bond donors (Lipinski definition) is 1.